The molecular formula is C14H15AsF2N2OS. The van der Waals surface area contributed by atoms with E-state index in [-0.39, 0.29) is 11.8 Å². The molecule has 1 aliphatic heterocycles. The second kappa shape index (κ2) is 5.93. The van der Waals surface area contributed by atoms with Crippen molar-refractivity contribution < 1.29 is 13.5 Å². The second-order valence-corrected chi connectivity index (χ2v) is 6.64. The molecule has 1 N–H and O–H groups in total. The van der Waals surface area contributed by atoms with Crippen molar-refractivity contribution in [2.45, 2.75) is 24.1 Å². The third-order valence-corrected chi connectivity index (χ3v) is 4.54. The third-order valence-electron chi connectivity index (χ3n) is 3.62. The van der Waals surface area contributed by atoms with Crippen LogP contribution in [-0.4, -0.2) is 33.0 Å². The van der Waals surface area contributed by atoms with E-state index in [0.717, 1.165) is 23.4 Å². The van der Waals surface area contributed by atoms with E-state index in [1.54, 1.807) is 16.9 Å². The first-order valence-corrected chi connectivity index (χ1v) is 8.82. The van der Waals surface area contributed by atoms with Crippen LogP contribution in [0.1, 0.15) is 17.3 Å². The average molecular weight is 372 g/mol. The van der Waals surface area contributed by atoms with Gasteiger partial charge in [0.1, 0.15) is 0 Å². The van der Waals surface area contributed by atoms with E-state index in [1.165, 1.54) is 6.07 Å². The molecule has 3 nitrogen and oxygen atoms in total. The Morgan fingerprint density at radius 1 is 1.43 bits per heavy atom. The van der Waals surface area contributed by atoms with Gasteiger partial charge in [0.15, 0.2) is 0 Å². The zero-order valence-electron chi connectivity index (χ0n) is 11.2. The summed E-state index contributed by atoms with van der Waals surface area (Å²) in [5, 5.41) is 1.06. The van der Waals surface area contributed by atoms with Crippen LogP contribution in [0.3, 0.4) is 0 Å². The van der Waals surface area contributed by atoms with Crippen LogP contribution in [-0.2, 0) is 12.8 Å². The number of aromatic amines is 1. The molecule has 7 heteroatoms. The van der Waals surface area contributed by atoms with Gasteiger partial charge in [-0.05, 0) is 0 Å². The predicted molar refractivity (Wildman–Crippen MR) is 81.3 cm³/mol. The van der Waals surface area contributed by atoms with Gasteiger partial charge in [-0.15, -0.1) is 0 Å². The first-order chi connectivity index (χ1) is 10.1. The Balaban J connectivity index is 1.97. The van der Waals surface area contributed by atoms with Gasteiger partial charge in [-0.25, -0.2) is 0 Å². The first-order valence-electron chi connectivity index (χ1n) is 6.69. The van der Waals surface area contributed by atoms with Crippen LogP contribution in [0.25, 0.3) is 0 Å². The topological polar surface area (TPSA) is 29.9 Å². The van der Waals surface area contributed by atoms with Crippen LogP contribution in [0, 0.1) is 16.4 Å². The van der Waals surface area contributed by atoms with E-state index in [4.69, 9.17) is 17.0 Å². The number of aromatic nitrogens is 2. The number of nitrogens with zero attached hydrogens (tertiary/aromatic N) is 1. The van der Waals surface area contributed by atoms with Gasteiger partial charge in [0, 0.05) is 0 Å². The van der Waals surface area contributed by atoms with E-state index in [2.05, 4.69) is 4.98 Å². The minimum absolute atomic E-state index is 0.0356. The quantitative estimate of drug-likeness (QED) is 0.663. The number of nitrogens with one attached hydrogen (secondary N) is 1. The zero-order chi connectivity index (χ0) is 15.0. The molecule has 2 aromatic rings. The standard InChI is InChI=1S/C14H15AsF2N2OS/c15-2-1-10-6-18-14(21)19(10)11-4-8-3-9(16)5-12(17)13(8)20-7-11/h3,5-6,11H,1-2,4,7,15H2,(H,18,21)/t11-/m1/s1. The number of ether oxygens (including phenoxy) is 1. The minimum atomic E-state index is -0.641. The molecule has 1 aromatic carbocycles. The van der Waals surface area contributed by atoms with Crippen LogP contribution < -0.4 is 4.74 Å². The summed E-state index contributed by atoms with van der Waals surface area (Å²) >= 11 is 6.98. The maximum absolute atomic E-state index is 13.7. The predicted octanol–water partition coefficient (Wildman–Crippen LogP) is 2.59. The van der Waals surface area contributed by atoms with Crippen LogP contribution in [0.4, 0.5) is 8.78 Å². The molecule has 3 rings (SSSR count). The monoisotopic (exact) mass is 372 g/mol. The molecule has 1 aromatic heterocycles. The van der Waals surface area contributed by atoms with Gasteiger partial charge in [-0.3, -0.25) is 0 Å². The number of imidazole rings is 1. The molecule has 0 aliphatic carbocycles. The summed E-state index contributed by atoms with van der Waals surface area (Å²) in [6.07, 6.45) is 3.34. The molecule has 1 unspecified atom stereocenters. The number of rotatable bonds is 3. The summed E-state index contributed by atoms with van der Waals surface area (Å²) in [5.41, 5.74) is 1.66. The first kappa shape index (κ1) is 14.8. The number of hydrogen-bond donors (Lipinski definition) is 1. The van der Waals surface area contributed by atoms with Crippen LogP contribution in [0.15, 0.2) is 18.3 Å². The summed E-state index contributed by atoms with van der Waals surface area (Å²) < 4.78 is 35.2. The summed E-state index contributed by atoms with van der Waals surface area (Å²) in [6, 6.07) is 2.15. The van der Waals surface area contributed by atoms with Crippen LogP contribution in [0.5, 0.6) is 5.75 Å². The fourth-order valence-electron chi connectivity index (χ4n) is 2.74. The Hall–Kier alpha value is -1.13. The number of fused-ring (bicyclic) bond motifs is 1. The number of halogens is 2. The van der Waals surface area contributed by atoms with Crippen molar-refractivity contribution in [2.24, 2.45) is 0 Å². The number of aryl methyl sites for hydroxylation is 1. The van der Waals surface area contributed by atoms with E-state index in [9.17, 15) is 8.78 Å². The summed E-state index contributed by atoms with van der Waals surface area (Å²) in [5.74, 6) is -1.06. The van der Waals surface area contributed by atoms with E-state index >= 15 is 0 Å². The normalized spacial score (nSPS) is 17.4. The van der Waals surface area contributed by atoms with Crippen molar-refractivity contribution in [3.05, 3.63) is 46.0 Å². The van der Waals surface area contributed by atoms with Crippen molar-refractivity contribution in [2.75, 3.05) is 6.61 Å². The molecule has 2 heterocycles. The van der Waals surface area contributed by atoms with Gasteiger partial charge in [-0.2, -0.15) is 0 Å². The zero-order valence-corrected chi connectivity index (χ0v) is 14.5. The fraction of sp³-hybridized carbons (Fsp3) is 0.357. The molecule has 0 amide bonds. The number of benzene rings is 1. The second-order valence-electron chi connectivity index (χ2n) is 5.04. The molecule has 0 fully saturated rings. The molecule has 0 radical (unpaired) electrons. The molecule has 0 bridgehead atoms. The summed E-state index contributed by atoms with van der Waals surface area (Å²) in [6.45, 7) is 0.337. The molecule has 0 saturated carbocycles. The Kier molecular flexibility index (Phi) is 4.18. The Bertz CT molecular complexity index is 728. The average Bonchev–Trinajstić information content (AvgIpc) is 2.79. The van der Waals surface area contributed by atoms with E-state index < -0.39 is 11.6 Å². The van der Waals surface area contributed by atoms with E-state index in [0.29, 0.717) is 23.4 Å². The van der Waals surface area contributed by atoms with Gasteiger partial charge in [0.2, 0.25) is 0 Å². The van der Waals surface area contributed by atoms with Gasteiger partial charge >= 0.3 is 135 Å². The molecule has 0 saturated heterocycles. The van der Waals surface area contributed by atoms with Crippen molar-refractivity contribution in [3.8, 4) is 5.75 Å². The Morgan fingerprint density at radius 2 is 2.24 bits per heavy atom. The summed E-state index contributed by atoms with van der Waals surface area (Å²) in [7, 11) is 0. The van der Waals surface area contributed by atoms with Gasteiger partial charge < -0.3 is 0 Å². The van der Waals surface area contributed by atoms with Crippen molar-refractivity contribution in [1.29, 1.82) is 0 Å². The number of hydrogen-bond acceptors (Lipinski definition) is 2. The Labute approximate surface area is 134 Å². The van der Waals surface area contributed by atoms with Crippen LogP contribution >= 0.6 is 12.2 Å². The van der Waals surface area contributed by atoms with Crippen LogP contribution in [0.2, 0.25) is 5.21 Å². The molecule has 21 heavy (non-hydrogen) atoms. The van der Waals surface area contributed by atoms with Crippen molar-refractivity contribution >= 4 is 29.1 Å². The fourth-order valence-corrected chi connectivity index (χ4v) is 3.69. The SMILES string of the molecule is Fc1cc(F)c2c(c1)C[C@@H](n1c(CC[AsH2])c[nH]c1=S)CO2. The van der Waals surface area contributed by atoms with Gasteiger partial charge in [0.25, 0.3) is 0 Å². The van der Waals surface area contributed by atoms with E-state index in [1.807, 2.05) is 10.8 Å². The molecule has 0 spiro atoms. The molecule has 2 atom stereocenters. The van der Waals surface area contributed by atoms with Gasteiger partial charge in [0.05, 0.1) is 0 Å². The third kappa shape index (κ3) is 2.79. The van der Waals surface area contributed by atoms with Gasteiger partial charge in [-0.1, -0.05) is 0 Å². The van der Waals surface area contributed by atoms with Crippen molar-refractivity contribution in [1.82, 2.24) is 9.55 Å². The molecular weight excluding hydrogens is 357 g/mol. The maximum atomic E-state index is 13.7. The summed E-state index contributed by atoms with van der Waals surface area (Å²) in [4.78, 5) is 3.05. The van der Waals surface area contributed by atoms with Crippen molar-refractivity contribution in [3.63, 3.8) is 0 Å². The molecule has 1 aliphatic rings. The Morgan fingerprint density at radius 3 is 3.00 bits per heavy atom. The molecule has 112 valence electrons. The number of H-pyrrole nitrogens is 1.